The van der Waals surface area contributed by atoms with Gasteiger partial charge in [-0.05, 0) is 99.0 Å². The highest BCUT2D eigenvalue weighted by Gasteiger charge is 2.30. The van der Waals surface area contributed by atoms with E-state index in [1.54, 1.807) is 19.1 Å². The lowest BCUT2D eigenvalue weighted by molar-refractivity contribution is 0.0695. The van der Waals surface area contributed by atoms with Crippen molar-refractivity contribution in [2.24, 2.45) is 0 Å². The van der Waals surface area contributed by atoms with Crippen LogP contribution < -0.4 is 4.74 Å². The molecular weight excluding hydrogens is 492 g/mol. The number of nitrogens with zero attached hydrogens (tertiary/aromatic N) is 2. The number of carbonyl (C=O) groups is 2. The second-order valence-electron chi connectivity index (χ2n) is 10.5. The number of rotatable bonds is 9. The Morgan fingerprint density at radius 2 is 1.77 bits per heavy atom. The molecule has 1 aliphatic carbocycles. The lowest BCUT2D eigenvalue weighted by Gasteiger charge is -2.20. The van der Waals surface area contributed by atoms with Crippen molar-refractivity contribution in [3.8, 4) is 28.1 Å². The van der Waals surface area contributed by atoms with Crippen LogP contribution in [-0.4, -0.2) is 31.9 Å². The minimum absolute atomic E-state index is 0.00506. The summed E-state index contributed by atoms with van der Waals surface area (Å²) < 4.78 is 8.27. The number of benzene rings is 3. The van der Waals surface area contributed by atoms with Crippen LogP contribution >= 0.6 is 0 Å². The summed E-state index contributed by atoms with van der Waals surface area (Å²) in [6, 6.07) is 17.0. The fourth-order valence-corrected chi connectivity index (χ4v) is 5.12. The molecule has 0 radical (unpaired) electrons. The fourth-order valence-electron chi connectivity index (χ4n) is 5.12. The van der Waals surface area contributed by atoms with Gasteiger partial charge in [0.05, 0.1) is 16.8 Å². The molecular formula is C32H32N2O5. The standard InChI is InChI=1S/C32H32N2O5/c1-18(2)34-15-14-27(33-34)22-11-13-28(20(4)16-22)39-17-26-23(21-9-10-21)6-5-7-24(26)30-25(31(35)36)12-8-19(3)29(30)32(37)38/h5-8,11-16,18,21H,9-10,17H2,1-4H3,(H,35,36)(H,37,38). The maximum atomic E-state index is 12.3. The molecule has 0 aliphatic heterocycles. The largest absolute Gasteiger partial charge is 0.489 e. The van der Waals surface area contributed by atoms with E-state index < -0.39 is 11.9 Å². The van der Waals surface area contributed by atoms with Gasteiger partial charge in [-0.3, -0.25) is 4.68 Å². The minimum Gasteiger partial charge on any atom is -0.489 e. The molecule has 1 aliphatic rings. The third-order valence-corrected chi connectivity index (χ3v) is 7.34. The SMILES string of the molecule is Cc1cc(-c2ccn(C(C)C)n2)ccc1OCc1c(-c2c(C(=O)O)ccc(C)c2C(=O)O)cccc1C1CC1. The Labute approximate surface area is 227 Å². The zero-order valence-electron chi connectivity index (χ0n) is 22.6. The van der Waals surface area contributed by atoms with Gasteiger partial charge in [-0.25, -0.2) is 9.59 Å². The summed E-state index contributed by atoms with van der Waals surface area (Å²) in [6.45, 7) is 8.03. The summed E-state index contributed by atoms with van der Waals surface area (Å²) in [5, 5.41) is 24.7. The number of aromatic nitrogens is 2. The third-order valence-electron chi connectivity index (χ3n) is 7.34. The fraction of sp³-hybridized carbons (Fsp3) is 0.281. The highest BCUT2D eigenvalue weighted by atomic mass is 16.5. The molecule has 0 saturated heterocycles. The number of ether oxygens (including phenoxy) is 1. The average Bonchev–Trinajstić information content (AvgIpc) is 3.62. The van der Waals surface area contributed by atoms with Gasteiger partial charge in [0.1, 0.15) is 12.4 Å². The molecule has 1 heterocycles. The molecule has 7 nitrogen and oxygen atoms in total. The Bertz CT molecular complexity index is 1580. The van der Waals surface area contributed by atoms with Gasteiger partial charge < -0.3 is 14.9 Å². The summed E-state index contributed by atoms with van der Waals surface area (Å²) in [5.41, 5.74) is 6.04. The van der Waals surface area contributed by atoms with E-state index in [0.29, 0.717) is 22.8 Å². The van der Waals surface area contributed by atoms with E-state index in [9.17, 15) is 19.8 Å². The summed E-state index contributed by atoms with van der Waals surface area (Å²) in [6.07, 6.45) is 4.05. The number of aryl methyl sites for hydroxylation is 2. The van der Waals surface area contributed by atoms with E-state index in [1.807, 2.05) is 54.2 Å². The van der Waals surface area contributed by atoms with E-state index in [1.165, 1.54) is 6.07 Å². The van der Waals surface area contributed by atoms with E-state index in [0.717, 1.165) is 40.8 Å². The van der Waals surface area contributed by atoms with Gasteiger partial charge in [0.25, 0.3) is 0 Å². The van der Waals surface area contributed by atoms with Crippen molar-refractivity contribution in [3.05, 3.63) is 94.2 Å². The van der Waals surface area contributed by atoms with E-state index in [4.69, 9.17) is 4.74 Å². The Hall–Kier alpha value is -4.39. The molecule has 0 spiro atoms. The second-order valence-corrected chi connectivity index (χ2v) is 10.5. The average molecular weight is 525 g/mol. The number of hydrogen-bond donors (Lipinski definition) is 2. The monoisotopic (exact) mass is 524 g/mol. The van der Waals surface area contributed by atoms with Crippen LogP contribution in [0.1, 0.15) is 81.6 Å². The number of aromatic carboxylic acids is 2. The molecule has 0 unspecified atom stereocenters. The maximum Gasteiger partial charge on any atom is 0.336 e. The first-order valence-corrected chi connectivity index (χ1v) is 13.2. The van der Waals surface area contributed by atoms with Gasteiger partial charge in [-0.15, -0.1) is 0 Å². The first-order chi connectivity index (χ1) is 18.7. The first kappa shape index (κ1) is 26.2. The molecule has 0 bridgehead atoms. The van der Waals surface area contributed by atoms with Gasteiger partial charge >= 0.3 is 11.9 Å². The van der Waals surface area contributed by atoms with Gasteiger partial charge in [0.15, 0.2) is 0 Å². The normalized spacial score (nSPS) is 13.1. The summed E-state index contributed by atoms with van der Waals surface area (Å²) >= 11 is 0. The molecule has 39 heavy (non-hydrogen) atoms. The lowest BCUT2D eigenvalue weighted by atomic mass is 9.86. The van der Waals surface area contributed by atoms with Crippen molar-refractivity contribution < 1.29 is 24.5 Å². The highest BCUT2D eigenvalue weighted by molar-refractivity contribution is 6.06. The summed E-state index contributed by atoms with van der Waals surface area (Å²) in [5.74, 6) is -1.25. The minimum atomic E-state index is -1.16. The molecule has 0 amide bonds. The zero-order valence-corrected chi connectivity index (χ0v) is 22.6. The van der Waals surface area contributed by atoms with Gasteiger partial charge in [-0.2, -0.15) is 5.10 Å². The smallest absolute Gasteiger partial charge is 0.336 e. The van der Waals surface area contributed by atoms with Crippen LogP contribution in [0.25, 0.3) is 22.4 Å². The van der Waals surface area contributed by atoms with Crippen LogP contribution in [-0.2, 0) is 6.61 Å². The molecule has 200 valence electrons. The molecule has 2 N–H and O–H groups in total. The van der Waals surface area contributed by atoms with Crippen LogP contribution in [0.2, 0.25) is 0 Å². The highest BCUT2D eigenvalue weighted by Crippen LogP contribution is 2.45. The Morgan fingerprint density at radius 3 is 2.38 bits per heavy atom. The Kier molecular flexibility index (Phi) is 7.00. The number of hydrogen-bond acceptors (Lipinski definition) is 4. The van der Waals surface area contributed by atoms with E-state index in [-0.39, 0.29) is 29.3 Å². The Balaban J connectivity index is 1.54. The second kappa shape index (κ2) is 10.4. The van der Waals surface area contributed by atoms with E-state index in [2.05, 4.69) is 18.9 Å². The maximum absolute atomic E-state index is 12.3. The van der Waals surface area contributed by atoms with Crippen LogP contribution in [0.3, 0.4) is 0 Å². The zero-order chi connectivity index (χ0) is 27.8. The molecule has 1 saturated carbocycles. The summed E-state index contributed by atoms with van der Waals surface area (Å²) in [4.78, 5) is 24.5. The first-order valence-electron chi connectivity index (χ1n) is 13.2. The van der Waals surface area contributed by atoms with Gasteiger partial charge in [-0.1, -0.05) is 24.3 Å². The van der Waals surface area contributed by atoms with Crippen molar-refractivity contribution in [3.63, 3.8) is 0 Å². The Morgan fingerprint density at radius 1 is 1.00 bits per heavy atom. The number of carboxylic acid groups (broad SMARTS) is 2. The molecule has 5 rings (SSSR count). The predicted octanol–water partition coefficient (Wildman–Crippen LogP) is 7.27. The molecule has 0 atom stereocenters. The van der Waals surface area contributed by atoms with Gasteiger partial charge in [0.2, 0.25) is 0 Å². The van der Waals surface area contributed by atoms with Crippen molar-refractivity contribution >= 4 is 11.9 Å². The van der Waals surface area contributed by atoms with Crippen LogP contribution in [0, 0.1) is 13.8 Å². The molecule has 1 aromatic heterocycles. The van der Waals surface area contributed by atoms with Crippen molar-refractivity contribution in [1.29, 1.82) is 0 Å². The molecule has 3 aromatic carbocycles. The lowest BCUT2D eigenvalue weighted by Crippen LogP contribution is -2.12. The van der Waals surface area contributed by atoms with E-state index >= 15 is 0 Å². The quantitative estimate of drug-likeness (QED) is 0.239. The third kappa shape index (κ3) is 5.17. The van der Waals surface area contributed by atoms with Crippen LogP contribution in [0.5, 0.6) is 5.75 Å². The van der Waals surface area contributed by atoms with Crippen molar-refractivity contribution in [2.45, 2.75) is 59.1 Å². The van der Waals surface area contributed by atoms with Gasteiger partial charge in [0, 0.05) is 28.9 Å². The van der Waals surface area contributed by atoms with Crippen molar-refractivity contribution in [2.75, 3.05) is 0 Å². The number of carboxylic acids is 2. The molecule has 1 fully saturated rings. The van der Waals surface area contributed by atoms with Crippen LogP contribution in [0.15, 0.2) is 60.8 Å². The van der Waals surface area contributed by atoms with Crippen LogP contribution in [0.4, 0.5) is 0 Å². The summed E-state index contributed by atoms with van der Waals surface area (Å²) in [7, 11) is 0. The molecule has 4 aromatic rings. The van der Waals surface area contributed by atoms with Crippen molar-refractivity contribution in [1.82, 2.24) is 9.78 Å². The molecule has 7 heteroatoms. The topological polar surface area (TPSA) is 102 Å². The predicted molar refractivity (Wildman–Crippen MR) is 150 cm³/mol.